The van der Waals surface area contributed by atoms with Gasteiger partial charge in [0.25, 0.3) is 0 Å². The summed E-state index contributed by atoms with van der Waals surface area (Å²) in [4.78, 5) is 17.2. The lowest BCUT2D eigenvalue weighted by Gasteiger charge is -2.14. The first-order valence-electron chi connectivity index (χ1n) is 8.96. The van der Waals surface area contributed by atoms with Crippen LogP contribution >= 0.6 is 0 Å². The topological polar surface area (TPSA) is 44.1 Å². The number of methoxy groups -OCH3 is 1. The van der Waals surface area contributed by atoms with Crippen LogP contribution in [0.25, 0.3) is 22.2 Å². The summed E-state index contributed by atoms with van der Waals surface area (Å²) in [6.45, 7) is 2.37. The number of ether oxygens (including phenoxy) is 1. The van der Waals surface area contributed by atoms with E-state index in [1.54, 1.807) is 12.1 Å². The molecule has 0 saturated carbocycles. The third kappa shape index (κ3) is 3.16. The van der Waals surface area contributed by atoms with Crippen molar-refractivity contribution in [3.63, 3.8) is 0 Å². The van der Waals surface area contributed by atoms with Gasteiger partial charge in [-0.05, 0) is 36.2 Å². The minimum absolute atomic E-state index is 0.260. The van der Waals surface area contributed by atoms with Crippen molar-refractivity contribution in [1.29, 1.82) is 0 Å². The first kappa shape index (κ1) is 17.9. The highest BCUT2D eigenvalue weighted by Gasteiger charge is 2.22. The summed E-state index contributed by atoms with van der Waals surface area (Å²) < 4.78 is 20.2. The Labute approximate surface area is 162 Å². The largest absolute Gasteiger partial charge is 0.465 e. The Balaban J connectivity index is 1.92. The average molecular weight is 374 g/mol. The molecule has 4 rings (SSSR count). The SMILES string of the molecule is COC(=O)c1c(C)nc2c(ccn2Cc2ccc(F)cc2)c1-c1ccccc1. The number of aromatic nitrogens is 2. The lowest BCUT2D eigenvalue weighted by atomic mass is 9.96. The maximum Gasteiger partial charge on any atom is 0.340 e. The summed E-state index contributed by atoms with van der Waals surface area (Å²) in [7, 11) is 1.38. The molecule has 4 nitrogen and oxygen atoms in total. The number of aryl methyl sites for hydroxylation is 1. The van der Waals surface area contributed by atoms with E-state index >= 15 is 0 Å². The quantitative estimate of drug-likeness (QED) is 0.473. The van der Waals surface area contributed by atoms with Crippen molar-refractivity contribution in [2.75, 3.05) is 7.11 Å². The number of carbonyl (C=O) groups is 1. The number of hydrogen-bond donors (Lipinski definition) is 0. The Hall–Kier alpha value is -3.47. The van der Waals surface area contributed by atoms with Gasteiger partial charge in [0, 0.05) is 23.7 Å². The van der Waals surface area contributed by atoms with Crippen LogP contribution in [0.5, 0.6) is 0 Å². The van der Waals surface area contributed by atoms with Gasteiger partial charge in [-0.25, -0.2) is 14.2 Å². The molecular weight excluding hydrogens is 355 g/mol. The molecule has 2 heterocycles. The molecule has 28 heavy (non-hydrogen) atoms. The molecule has 0 fully saturated rings. The molecule has 5 heteroatoms. The summed E-state index contributed by atoms with van der Waals surface area (Å²) in [6.07, 6.45) is 1.94. The highest BCUT2D eigenvalue weighted by Crippen LogP contribution is 2.34. The summed E-state index contributed by atoms with van der Waals surface area (Å²) in [5, 5.41) is 0.874. The predicted octanol–water partition coefficient (Wildman–Crippen LogP) is 4.99. The lowest BCUT2D eigenvalue weighted by Crippen LogP contribution is -2.09. The Morgan fingerprint density at radius 3 is 2.46 bits per heavy atom. The summed E-state index contributed by atoms with van der Waals surface area (Å²) in [5.74, 6) is -0.666. The van der Waals surface area contributed by atoms with Crippen molar-refractivity contribution in [2.24, 2.45) is 0 Å². The van der Waals surface area contributed by atoms with Crippen LogP contribution in [0.3, 0.4) is 0 Å². The van der Waals surface area contributed by atoms with Crippen LogP contribution < -0.4 is 0 Å². The third-order valence-corrected chi connectivity index (χ3v) is 4.81. The first-order valence-corrected chi connectivity index (χ1v) is 8.96. The molecule has 0 N–H and O–H groups in total. The smallest absolute Gasteiger partial charge is 0.340 e. The van der Waals surface area contributed by atoms with E-state index in [0.717, 1.165) is 27.7 Å². The number of carbonyl (C=O) groups excluding carboxylic acids is 1. The minimum Gasteiger partial charge on any atom is -0.465 e. The summed E-state index contributed by atoms with van der Waals surface area (Å²) in [6, 6.07) is 18.1. The molecule has 0 aliphatic rings. The van der Waals surface area contributed by atoms with Crippen LogP contribution in [-0.4, -0.2) is 22.6 Å². The number of rotatable bonds is 4. The zero-order chi connectivity index (χ0) is 19.7. The number of nitrogens with zero attached hydrogens (tertiary/aromatic N) is 2. The summed E-state index contributed by atoms with van der Waals surface area (Å²) in [5.41, 5.74) is 4.56. The van der Waals surface area contributed by atoms with E-state index in [1.807, 2.05) is 54.1 Å². The number of hydrogen-bond acceptors (Lipinski definition) is 3. The molecule has 0 aliphatic carbocycles. The average Bonchev–Trinajstić information content (AvgIpc) is 3.11. The van der Waals surface area contributed by atoms with E-state index in [-0.39, 0.29) is 5.82 Å². The van der Waals surface area contributed by atoms with E-state index in [0.29, 0.717) is 17.8 Å². The number of esters is 1. The second-order valence-corrected chi connectivity index (χ2v) is 6.61. The molecule has 0 saturated heterocycles. The molecule has 0 bridgehead atoms. The van der Waals surface area contributed by atoms with Crippen molar-refractivity contribution < 1.29 is 13.9 Å². The van der Waals surface area contributed by atoms with E-state index in [9.17, 15) is 9.18 Å². The van der Waals surface area contributed by atoms with Gasteiger partial charge >= 0.3 is 5.97 Å². The molecular formula is C23H19FN2O2. The lowest BCUT2D eigenvalue weighted by molar-refractivity contribution is 0.0600. The van der Waals surface area contributed by atoms with Crippen LogP contribution in [0.1, 0.15) is 21.6 Å². The molecule has 140 valence electrons. The molecule has 0 amide bonds. The van der Waals surface area contributed by atoms with E-state index in [1.165, 1.54) is 19.2 Å². The van der Waals surface area contributed by atoms with Gasteiger partial charge in [0.05, 0.1) is 18.4 Å². The predicted molar refractivity (Wildman–Crippen MR) is 107 cm³/mol. The van der Waals surface area contributed by atoms with Gasteiger partial charge in [-0.2, -0.15) is 0 Å². The fourth-order valence-electron chi connectivity index (χ4n) is 3.48. The maximum atomic E-state index is 13.2. The number of halogens is 1. The van der Waals surface area contributed by atoms with E-state index in [2.05, 4.69) is 0 Å². The minimum atomic E-state index is -0.406. The second kappa shape index (κ2) is 7.27. The van der Waals surface area contributed by atoms with Gasteiger partial charge in [-0.1, -0.05) is 42.5 Å². The Morgan fingerprint density at radius 1 is 1.07 bits per heavy atom. The molecule has 2 aromatic heterocycles. The Kier molecular flexibility index (Phi) is 4.65. The van der Waals surface area contributed by atoms with Crippen LogP contribution in [0, 0.1) is 12.7 Å². The maximum absolute atomic E-state index is 13.2. The first-order chi connectivity index (χ1) is 13.6. The second-order valence-electron chi connectivity index (χ2n) is 6.61. The van der Waals surface area contributed by atoms with E-state index < -0.39 is 5.97 Å². The number of fused-ring (bicyclic) bond motifs is 1. The normalized spacial score (nSPS) is 11.0. The van der Waals surface area contributed by atoms with Crippen molar-refractivity contribution in [3.8, 4) is 11.1 Å². The van der Waals surface area contributed by atoms with Gasteiger partial charge in [0.2, 0.25) is 0 Å². The van der Waals surface area contributed by atoms with Crippen molar-refractivity contribution in [2.45, 2.75) is 13.5 Å². The van der Waals surface area contributed by atoms with Crippen molar-refractivity contribution in [1.82, 2.24) is 9.55 Å². The van der Waals surface area contributed by atoms with Crippen LogP contribution in [0.15, 0.2) is 66.9 Å². The zero-order valence-corrected chi connectivity index (χ0v) is 15.6. The number of benzene rings is 2. The molecule has 0 unspecified atom stereocenters. The van der Waals surface area contributed by atoms with Crippen LogP contribution in [-0.2, 0) is 11.3 Å². The number of pyridine rings is 1. The Morgan fingerprint density at radius 2 is 1.79 bits per heavy atom. The third-order valence-electron chi connectivity index (χ3n) is 4.81. The molecule has 2 aromatic carbocycles. The van der Waals surface area contributed by atoms with Gasteiger partial charge in [-0.15, -0.1) is 0 Å². The van der Waals surface area contributed by atoms with Gasteiger partial charge < -0.3 is 9.30 Å². The van der Waals surface area contributed by atoms with E-state index in [4.69, 9.17) is 9.72 Å². The van der Waals surface area contributed by atoms with Crippen molar-refractivity contribution >= 4 is 17.0 Å². The molecule has 0 spiro atoms. The highest BCUT2D eigenvalue weighted by molar-refractivity contribution is 6.07. The van der Waals surface area contributed by atoms with Gasteiger partial charge in [0.1, 0.15) is 11.5 Å². The molecule has 0 aliphatic heterocycles. The zero-order valence-electron chi connectivity index (χ0n) is 15.6. The highest BCUT2D eigenvalue weighted by atomic mass is 19.1. The van der Waals surface area contributed by atoms with Gasteiger partial charge in [0.15, 0.2) is 0 Å². The van der Waals surface area contributed by atoms with Crippen LogP contribution in [0.4, 0.5) is 4.39 Å². The van der Waals surface area contributed by atoms with Crippen molar-refractivity contribution in [3.05, 3.63) is 89.5 Å². The summed E-state index contributed by atoms with van der Waals surface area (Å²) >= 11 is 0. The molecule has 0 atom stereocenters. The fraction of sp³-hybridized carbons (Fsp3) is 0.130. The standard InChI is InChI=1S/C23H19FN2O2/c1-15-20(23(27)28-2)21(17-6-4-3-5-7-17)19-12-13-26(22(19)25-15)14-16-8-10-18(24)11-9-16/h3-13H,14H2,1-2H3. The van der Waals surface area contributed by atoms with Gasteiger partial charge in [-0.3, -0.25) is 0 Å². The fourth-order valence-corrected chi connectivity index (χ4v) is 3.48. The molecule has 4 aromatic rings. The monoisotopic (exact) mass is 374 g/mol. The molecule has 0 radical (unpaired) electrons. The van der Waals surface area contributed by atoms with Crippen LogP contribution in [0.2, 0.25) is 0 Å². The Bertz CT molecular complexity index is 1150.